The van der Waals surface area contributed by atoms with E-state index in [1.807, 2.05) is 25.9 Å². The van der Waals surface area contributed by atoms with Crippen molar-refractivity contribution in [3.63, 3.8) is 0 Å². The van der Waals surface area contributed by atoms with Gasteiger partial charge in [-0.05, 0) is 43.8 Å². The van der Waals surface area contributed by atoms with Crippen LogP contribution in [-0.4, -0.2) is 75.4 Å². The molecule has 0 fully saturated rings. The van der Waals surface area contributed by atoms with Crippen LogP contribution in [0, 0.1) is 11.8 Å². The first-order valence-electron chi connectivity index (χ1n) is 10.4. The zero-order valence-electron chi connectivity index (χ0n) is 18.5. The lowest BCUT2D eigenvalue weighted by molar-refractivity contribution is -0.882. The number of unbranched alkanes of at least 4 members (excludes halogenated alkanes) is 1. The summed E-state index contributed by atoms with van der Waals surface area (Å²) >= 11 is 1.81. The number of carbonyl (C=O) groups is 2. The van der Waals surface area contributed by atoms with Crippen molar-refractivity contribution in [1.29, 1.82) is 0 Å². The van der Waals surface area contributed by atoms with Crippen LogP contribution < -0.4 is 5.11 Å². The Morgan fingerprint density at radius 3 is 2.29 bits per heavy atom. The lowest BCUT2D eigenvalue weighted by Crippen LogP contribution is -2.49. The number of nitrogens with zero attached hydrogens (tertiary/aromatic N) is 1. The number of carboxylic acid groups (broad SMARTS) is 1. The first-order chi connectivity index (χ1) is 13.2. The summed E-state index contributed by atoms with van der Waals surface area (Å²) < 4.78 is 11.0. The molecule has 7 heteroatoms. The van der Waals surface area contributed by atoms with Gasteiger partial charge in [0.15, 0.2) is 0 Å². The van der Waals surface area contributed by atoms with Gasteiger partial charge in [-0.1, -0.05) is 20.3 Å². The number of carboxylic acids is 1. The van der Waals surface area contributed by atoms with Crippen LogP contribution in [0.5, 0.6) is 0 Å². The zero-order valence-corrected chi connectivity index (χ0v) is 19.4. The minimum Gasteiger partial charge on any atom is -0.544 e. The van der Waals surface area contributed by atoms with E-state index in [0.717, 1.165) is 63.2 Å². The van der Waals surface area contributed by atoms with Crippen molar-refractivity contribution >= 4 is 23.7 Å². The van der Waals surface area contributed by atoms with Gasteiger partial charge in [0, 0.05) is 19.5 Å². The van der Waals surface area contributed by atoms with Gasteiger partial charge in [0.1, 0.15) is 6.54 Å². The van der Waals surface area contributed by atoms with E-state index in [9.17, 15) is 14.7 Å². The van der Waals surface area contributed by atoms with Crippen molar-refractivity contribution < 1.29 is 28.7 Å². The molecule has 0 aliphatic rings. The Kier molecular flexibility index (Phi) is 15.6. The second kappa shape index (κ2) is 16.1. The SMILES string of the molecule is COCCCCC(CCCSCC[N+](C)(C)CC(=O)[O-])C(=O)OCCC(C)C. The number of carbonyl (C=O) groups excluding carboxylic acids is 2. The molecule has 28 heavy (non-hydrogen) atoms. The van der Waals surface area contributed by atoms with Crippen molar-refractivity contribution in [1.82, 2.24) is 0 Å². The predicted molar refractivity (Wildman–Crippen MR) is 113 cm³/mol. The molecule has 0 rings (SSSR count). The monoisotopic (exact) mass is 419 g/mol. The van der Waals surface area contributed by atoms with Crippen LogP contribution >= 0.6 is 11.8 Å². The molecule has 166 valence electrons. The van der Waals surface area contributed by atoms with Crippen molar-refractivity contribution in [3.8, 4) is 0 Å². The first kappa shape index (κ1) is 27.2. The lowest BCUT2D eigenvalue weighted by atomic mass is 9.97. The highest BCUT2D eigenvalue weighted by Crippen LogP contribution is 2.19. The van der Waals surface area contributed by atoms with E-state index in [2.05, 4.69) is 13.8 Å². The second-order valence-corrected chi connectivity index (χ2v) is 9.70. The van der Waals surface area contributed by atoms with Crippen LogP contribution in [0.3, 0.4) is 0 Å². The number of thioether (sulfide) groups is 1. The fourth-order valence-corrected chi connectivity index (χ4v) is 4.00. The van der Waals surface area contributed by atoms with Crippen molar-refractivity contribution in [2.24, 2.45) is 11.8 Å². The average Bonchev–Trinajstić information content (AvgIpc) is 2.58. The number of rotatable bonds is 18. The number of aliphatic carboxylic acids is 1. The molecule has 0 aromatic heterocycles. The van der Waals surface area contributed by atoms with Gasteiger partial charge in [-0.15, -0.1) is 0 Å². The molecule has 0 aliphatic heterocycles. The summed E-state index contributed by atoms with van der Waals surface area (Å²) in [5.41, 5.74) is 0. The summed E-state index contributed by atoms with van der Waals surface area (Å²) in [6, 6.07) is 0. The van der Waals surface area contributed by atoms with Crippen molar-refractivity contribution in [2.45, 2.75) is 52.4 Å². The molecule has 0 aromatic rings. The molecule has 0 spiro atoms. The normalized spacial score (nSPS) is 12.9. The fourth-order valence-electron chi connectivity index (χ4n) is 2.80. The minimum atomic E-state index is -1.01. The third-order valence-corrected chi connectivity index (χ3v) is 5.71. The highest BCUT2D eigenvalue weighted by atomic mass is 32.2. The van der Waals surface area contributed by atoms with Gasteiger partial charge in [-0.2, -0.15) is 11.8 Å². The maximum absolute atomic E-state index is 12.4. The highest BCUT2D eigenvalue weighted by Gasteiger charge is 2.20. The molecule has 1 unspecified atom stereocenters. The maximum atomic E-state index is 12.4. The van der Waals surface area contributed by atoms with Gasteiger partial charge < -0.3 is 23.9 Å². The molecule has 0 saturated carbocycles. The zero-order chi connectivity index (χ0) is 21.4. The number of methoxy groups -OCH3 is 1. The molecule has 1 atom stereocenters. The number of hydrogen-bond donors (Lipinski definition) is 0. The summed E-state index contributed by atoms with van der Waals surface area (Å²) in [7, 11) is 5.50. The topological polar surface area (TPSA) is 75.7 Å². The minimum absolute atomic E-state index is 0.0325. The summed E-state index contributed by atoms with van der Waals surface area (Å²) in [6.45, 7) is 6.30. The first-order valence-corrected chi connectivity index (χ1v) is 11.6. The van der Waals surface area contributed by atoms with Gasteiger partial charge in [0.2, 0.25) is 0 Å². The van der Waals surface area contributed by atoms with E-state index in [-0.39, 0.29) is 18.4 Å². The molecular formula is C21H41NO5S. The standard InChI is InChI=1S/C21H41NO5S/c1-18(2)11-14-27-21(25)19(9-6-7-13-26-5)10-8-15-28-16-12-22(3,4)17-20(23)24/h18-19H,6-17H2,1-5H3. The van der Waals surface area contributed by atoms with Gasteiger partial charge in [-0.3, -0.25) is 4.79 Å². The average molecular weight is 420 g/mol. The van der Waals surface area contributed by atoms with E-state index in [4.69, 9.17) is 9.47 Å². The number of quaternary nitrogens is 1. The molecule has 0 heterocycles. The lowest BCUT2D eigenvalue weighted by Gasteiger charge is -2.29. The van der Waals surface area contributed by atoms with Crippen LogP contribution in [0.2, 0.25) is 0 Å². The molecule has 0 bridgehead atoms. The predicted octanol–water partition coefficient (Wildman–Crippen LogP) is 2.35. The van der Waals surface area contributed by atoms with Crippen LogP contribution in [0.15, 0.2) is 0 Å². The van der Waals surface area contributed by atoms with E-state index in [1.165, 1.54) is 0 Å². The van der Waals surface area contributed by atoms with Gasteiger partial charge in [-0.25, -0.2) is 0 Å². The Morgan fingerprint density at radius 2 is 1.68 bits per heavy atom. The summed E-state index contributed by atoms with van der Waals surface area (Å²) in [5, 5.41) is 10.7. The number of ether oxygens (including phenoxy) is 2. The second-order valence-electron chi connectivity index (χ2n) is 8.48. The van der Waals surface area contributed by atoms with E-state index < -0.39 is 5.97 Å². The van der Waals surface area contributed by atoms with Crippen LogP contribution in [0.1, 0.15) is 52.4 Å². The van der Waals surface area contributed by atoms with Gasteiger partial charge in [0.05, 0.1) is 39.1 Å². The van der Waals surface area contributed by atoms with Crippen LogP contribution in [-0.2, 0) is 19.1 Å². The number of esters is 1. The Morgan fingerprint density at radius 1 is 1.00 bits per heavy atom. The molecule has 0 aliphatic carbocycles. The van der Waals surface area contributed by atoms with E-state index in [0.29, 0.717) is 17.0 Å². The largest absolute Gasteiger partial charge is 0.544 e. The summed E-state index contributed by atoms with van der Waals surface area (Å²) in [4.78, 5) is 23.2. The molecule has 6 nitrogen and oxygen atoms in total. The van der Waals surface area contributed by atoms with E-state index >= 15 is 0 Å². The third kappa shape index (κ3) is 16.2. The van der Waals surface area contributed by atoms with Crippen molar-refractivity contribution in [3.05, 3.63) is 0 Å². The number of likely N-dealkylation sites (N-methyl/N-ethyl adjacent to an activating group) is 1. The van der Waals surface area contributed by atoms with Crippen LogP contribution in [0.4, 0.5) is 0 Å². The fraction of sp³-hybridized carbons (Fsp3) is 0.905. The third-order valence-electron chi connectivity index (χ3n) is 4.66. The molecule has 0 saturated heterocycles. The number of hydrogen-bond acceptors (Lipinski definition) is 6. The smallest absolute Gasteiger partial charge is 0.308 e. The Labute approximate surface area is 175 Å². The van der Waals surface area contributed by atoms with Crippen LogP contribution in [0.25, 0.3) is 0 Å². The molecule has 0 amide bonds. The van der Waals surface area contributed by atoms with Gasteiger partial charge >= 0.3 is 5.97 Å². The Balaban J connectivity index is 4.17. The van der Waals surface area contributed by atoms with E-state index in [1.54, 1.807) is 7.11 Å². The molecule has 0 aromatic carbocycles. The Bertz CT molecular complexity index is 429. The highest BCUT2D eigenvalue weighted by molar-refractivity contribution is 7.99. The summed E-state index contributed by atoms with van der Waals surface area (Å²) in [6.07, 6.45) is 5.50. The molecular weight excluding hydrogens is 378 g/mol. The quantitative estimate of drug-likeness (QED) is 0.193. The molecule has 0 N–H and O–H groups in total. The maximum Gasteiger partial charge on any atom is 0.308 e. The van der Waals surface area contributed by atoms with Crippen molar-refractivity contribution in [2.75, 3.05) is 59.0 Å². The summed E-state index contributed by atoms with van der Waals surface area (Å²) in [5.74, 6) is 1.30. The van der Waals surface area contributed by atoms with Gasteiger partial charge in [0.25, 0.3) is 0 Å². The Hall–Kier alpha value is -0.790. The molecule has 0 radical (unpaired) electrons.